The molecule has 2 rings (SSSR count). The minimum absolute atomic E-state index is 0.0938. The largest absolute Gasteiger partial charge is 0.465 e. The molecule has 0 atom stereocenters. The molecule has 0 saturated carbocycles. The van der Waals surface area contributed by atoms with Crippen LogP contribution in [0.3, 0.4) is 0 Å². The Labute approximate surface area is 117 Å². The van der Waals surface area contributed by atoms with E-state index in [1.54, 1.807) is 0 Å². The van der Waals surface area contributed by atoms with Gasteiger partial charge in [-0.15, -0.1) is 0 Å². The first-order chi connectivity index (χ1) is 9.41. The van der Waals surface area contributed by atoms with Crippen LogP contribution in [-0.4, -0.2) is 39.0 Å². The minimum atomic E-state index is -2.95. The Hall–Kier alpha value is -1.63. The normalized spacial score (nSPS) is 18.5. The Kier molecular flexibility index (Phi) is 4.27. The number of ether oxygens (including phenoxy) is 1. The number of esters is 1. The molecule has 110 valence electrons. The van der Waals surface area contributed by atoms with Crippen LogP contribution in [0.2, 0.25) is 0 Å². The Morgan fingerprint density at radius 1 is 1.35 bits per heavy atom. The lowest BCUT2D eigenvalue weighted by Gasteiger charge is -2.25. The van der Waals surface area contributed by atoms with Crippen molar-refractivity contribution in [3.8, 4) is 0 Å². The lowest BCUT2D eigenvalue weighted by Crippen LogP contribution is -2.32. The monoisotopic (exact) mass is 301 g/mol. The molecule has 0 amide bonds. The minimum Gasteiger partial charge on any atom is -0.465 e. The molecule has 0 aliphatic carbocycles. The molecule has 0 spiro atoms. The number of sulfone groups is 1. The number of methoxy groups -OCH3 is 1. The van der Waals surface area contributed by atoms with Gasteiger partial charge in [0, 0.05) is 6.04 Å². The summed E-state index contributed by atoms with van der Waals surface area (Å²) in [7, 11) is -1.70. The van der Waals surface area contributed by atoms with Crippen molar-refractivity contribution < 1.29 is 22.3 Å². The fourth-order valence-electron chi connectivity index (χ4n) is 2.18. The first-order valence-electron chi connectivity index (χ1n) is 6.26. The molecule has 1 aromatic rings. The lowest BCUT2D eigenvalue weighted by molar-refractivity contribution is 0.0601. The second kappa shape index (κ2) is 5.78. The summed E-state index contributed by atoms with van der Waals surface area (Å²) in [6.07, 6.45) is 0.888. The second-order valence-electron chi connectivity index (χ2n) is 4.75. The van der Waals surface area contributed by atoms with Gasteiger partial charge in [0.15, 0.2) is 0 Å². The summed E-state index contributed by atoms with van der Waals surface area (Å²) >= 11 is 0. The Morgan fingerprint density at radius 3 is 2.60 bits per heavy atom. The van der Waals surface area contributed by atoms with Crippen molar-refractivity contribution in [2.45, 2.75) is 18.9 Å². The van der Waals surface area contributed by atoms with E-state index >= 15 is 0 Å². The van der Waals surface area contributed by atoms with Crippen LogP contribution in [0.1, 0.15) is 23.2 Å². The molecular formula is C13H16FNO4S. The van der Waals surface area contributed by atoms with E-state index in [1.807, 2.05) is 0 Å². The van der Waals surface area contributed by atoms with Gasteiger partial charge in [0.2, 0.25) is 0 Å². The Bertz CT molecular complexity index is 601. The first kappa shape index (κ1) is 14.8. The standard InChI is InChI=1S/C13H16FNO4S/c1-19-13(16)11-3-2-9(14)8-12(11)15-10-4-6-20(17,18)7-5-10/h2-3,8,10,15H,4-7H2,1H3. The highest BCUT2D eigenvalue weighted by atomic mass is 32.2. The predicted octanol–water partition coefficient (Wildman–Crippen LogP) is 1.60. The van der Waals surface area contributed by atoms with Crippen LogP contribution >= 0.6 is 0 Å². The summed E-state index contributed by atoms with van der Waals surface area (Å²) < 4.78 is 40.7. The van der Waals surface area contributed by atoms with E-state index < -0.39 is 21.6 Å². The summed E-state index contributed by atoms with van der Waals surface area (Å²) in [6.45, 7) is 0. The molecule has 1 fully saturated rings. The Balaban J connectivity index is 2.16. The topological polar surface area (TPSA) is 72.5 Å². The molecule has 7 heteroatoms. The average molecular weight is 301 g/mol. The molecule has 0 unspecified atom stereocenters. The molecule has 5 nitrogen and oxygen atoms in total. The van der Waals surface area contributed by atoms with Crippen molar-refractivity contribution in [2.24, 2.45) is 0 Å². The maximum atomic E-state index is 13.3. The molecule has 1 saturated heterocycles. The maximum Gasteiger partial charge on any atom is 0.339 e. The van der Waals surface area contributed by atoms with Gasteiger partial charge in [0.25, 0.3) is 0 Å². The van der Waals surface area contributed by atoms with E-state index in [-0.39, 0.29) is 23.1 Å². The molecule has 20 heavy (non-hydrogen) atoms. The van der Waals surface area contributed by atoms with Gasteiger partial charge in [-0.1, -0.05) is 0 Å². The van der Waals surface area contributed by atoms with Crippen LogP contribution < -0.4 is 5.32 Å². The van der Waals surface area contributed by atoms with E-state index in [0.717, 1.165) is 0 Å². The number of benzene rings is 1. The third-order valence-corrected chi connectivity index (χ3v) is 5.02. The second-order valence-corrected chi connectivity index (χ2v) is 7.06. The number of carbonyl (C=O) groups is 1. The maximum absolute atomic E-state index is 13.3. The van der Waals surface area contributed by atoms with Gasteiger partial charge in [0.05, 0.1) is 29.9 Å². The fraction of sp³-hybridized carbons (Fsp3) is 0.462. The zero-order chi connectivity index (χ0) is 14.8. The summed E-state index contributed by atoms with van der Waals surface area (Å²) in [5.74, 6) is -0.819. The van der Waals surface area contributed by atoms with Crippen molar-refractivity contribution in [1.29, 1.82) is 0 Å². The van der Waals surface area contributed by atoms with Crippen molar-refractivity contribution in [1.82, 2.24) is 0 Å². The highest BCUT2D eigenvalue weighted by Gasteiger charge is 2.24. The Morgan fingerprint density at radius 2 is 2.00 bits per heavy atom. The zero-order valence-corrected chi connectivity index (χ0v) is 11.9. The molecule has 0 bridgehead atoms. The van der Waals surface area contributed by atoms with Crippen LogP contribution in [0.5, 0.6) is 0 Å². The van der Waals surface area contributed by atoms with Crippen molar-refractivity contribution in [3.05, 3.63) is 29.6 Å². The molecular weight excluding hydrogens is 285 g/mol. The van der Waals surface area contributed by atoms with Gasteiger partial charge in [0.1, 0.15) is 15.7 Å². The smallest absolute Gasteiger partial charge is 0.339 e. The predicted molar refractivity (Wildman–Crippen MR) is 73.0 cm³/mol. The number of anilines is 1. The molecule has 0 aromatic heterocycles. The fourth-order valence-corrected chi connectivity index (χ4v) is 3.67. The molecule has 0 radical (unpaired) electrons. The summed E-state index contributed by atoms with van der Waals surface area (Å²) in [5.41, 5.74) is 0.573. The van der Waals surface area contributed by atoms with E-state index in [1.165, 1.54) is 25.3 Å². The number of rotatable bonds is 3. The highest BCUT2D eigenvalue weighted by Crippen LogP contribution is 2.23. The van der Waals surface area contributed by atoms with E-state index in [9.17, 15) is 17.6 Å². The number of nitrogens with one attached hydrogen (secondary N) is 1. The SMILES string of the molecule is COC(=O)c1ccc(F)cc1NC1CCS(=O)(=O)CC1. The summed E-state index contributed by atoms with van der Waals surface area (Å²) in [5, 5.41) is 3.04. The molecule has 1 aliphatic rings. The van der Waals surface area contributed by atoms with E-state index in [2.05, 4.69) is 10.1 Å². The third kappa shape index (κ3) is 3.47. The van der Waals surface area contributed by atoms with Crippen LogP contribution in [0.4, 0.5) is 10.1 Å². The third-order valence-electron chi connectivity index (χ3n) is 3.30. The summed E-state index contributed by atoms with van der Waals surface area (Å²) in [6, 6.07) is 3.66. The first-order valence-corrected chi connectivity index (χ1v) is 8.08. The molecule has 1 heterocycles. The zero-order valence-electron chi connectivity index (χ0n) is 11.1. The van der Waals surface area contributed by atoms with Gasteiger partial charge in [-0.25, -0.2) is 17.6 Å². The van der Waals surface area contributed by atoms with Crippen LogP contribution in [0.15, 0.2) is 18.2 Å². The van der Waals surface area contributed by atoms with Crippen LogP contribution in [0.25, 0.3) is 0 Å². The lowest BCUT2D eigenvalue weighted by atomic mass is 10.1. The summed E-state index contributed by atoms with van der Waals surface area (Å²) in [4.78, 5) is 11.6. The highest BCUT2D eigenvalue weighted by molar-refractivity contribution is 7.91. The van der Waals surface area contributed by atoms with Gasteiger partial charge in [-0.2, -0.15) is 0 Å². The van der Waals surface area contributed by atoms with E-state index in [0.29, 0.717) is 18.5 Å². The molecule has 1 N–H and O–H groups in total. The quantitative estimate of drug-likeness (QED) is 0.859. The van der Waals surface area contributed by atoms with Gasteiger partial charge in [-0.05, 0) is 31.0 Å². The van der Waals surface area contributed by atoms with Crippen molar-refractivity contribution in [2.75, 3.05) is 23.9 Å². The van der Waals surface area contributed by atoms with Crippen molar-refractivity contribution >= 4 is 21.5 Å². The van der Waals surface area contributed by atoms with Gasteiger partial charge in [-0.3, -0.25) is 0 Å². The number of hydrogen-bond acceptors (Lipinski definition) is 5. The van der Waals surface area contributed by atoms with Crippen molar-refractivity contribution in [3.63, 3.8) is 0 Å². The van der Waals surface area contributed by atoms with E-state index in [4.69, 9.17) is 0 Å². The van der Waals surface area contributed by atoms with Gasteiger partial charge < -0.3 is 10.1 Å². The number of hydrogen-bond donors (Lipinski definition) is 1. The van der Waals surface area contributed by atoms with Gasteiger partial charge >= 0.3 is 5.97 Å². The number of halogens is 1. The average Bonchev–Trinajstić information content (AvgIpc) is 2.40. The molecule has 1 aromatic carbocycles. The van der Waals surface area contributed by atoms with Crippen LogP contribution in [-0.2, 0) is 14.6 Å². The molecule has 1 aliphatic heterocycles. The number of carbonyl (C=O) groups excluding carboxylic acids is 1. The van der Waals surface area contributed by atoms with Crippen LogP contribution in [0, 0.1) is 5.82 Å².